The van der Waals surface area contributed by atoms with Gasteiger partial charge in [-0.2, -0.15) is 15.0 Å². The van der Waals surface area contributed by atoms with Crippen LogP contribution >= 0.6 is 0 Å². The van der Waals surface area contributed by atoms with E-state index in [1.54, 1.807) is 4.90 Å². The molecule has 1 aromatic heterocycles. The zero-order chi connectivity index (χ0) is 11.5. The van der Waals surface area contributed by atoms with Crippen molar-refractivity contribution in [2.75, 3.05) is 23.4 Å². The molecular weight excluding hydrogens is 204 g/mol. The standard InChI is InChI=1S/C10H12N6/c1-16(7-5-3-2-4-6-7)10-14-8(11)13-9(12)15-10/h2-6H,1H3,(H4,11,12,13,14,15). The summed E-state index contributed by atoms with van der Waals surface area (Å²) >= 11 is 0. The maximum Gasteiger partial charge on any atom is 0.236 e. The van der Waals surface area contributed by atoms with Gasteiger partial charge in [0.15, 0.2) is 0 Å². The summed E-state index contributed by atoms with van der Waals surface area (Å²) in [6.07, 6.45) is 0. The van der Waals surface area contributed by atoms with Crippen molar-refractivity contribution >= 4 is 23.5 Å². The molecule has 2 aromatic rings. The number of rotatable bonds is 2. The fourth-order valence-corrected chi connectivity index (χ4v) is 1.31. The molecule has 16 heavy (non-hydrogen) atoms. The molecule has 1 heterocycles. The van der Waals surface area contributed by atoms with Crippen molar-refractivity contribution in [3.8, 4) is 0 Å². The van der Waals surface area contributed by atoms with Crippen LogP contribution in [0.2, 0.25) is 0 Å². The van der Waals surface area contributed by atoms with Crippen LogP contribution in [0.5, 0.6) is 0 Å². The number of benzene rings is 1. The van der Waals surface area contributed by atoms with Gasteiger partial charge >= 0.3 is 0 Å². The molecule has 0 saturated carbocycles. The smallest absolute Gasteiger partial charge is 0.236 e. The van der Waals surface area contributed by atoms with Gasteiger partial charge < -0.3 is 16.4 Å². The highest BCUT2D eigenvalue weighted by atomic mass is 15.3. The summed E-state index contributed by atoms with van der Waals surface area (Å²) in [5.74, 6) is 0.659. The van der Waals surface area contributed by atoms with Crippen molar-refractivity contribution in [2.45, 2.75) is 0 Å². The first-order valence-corrected chi connectivity index (χ1v) is 4.72. The Morgan fingerprint density at radius 2 is 1.50 bits per heavy atom. The number of nitrogens with zero attached hydrogens (tertiary/aromatic N) is 4. The van der Waals surface area contributed by atoms with Gasteiger partial charge in [0.25, 0.3) is 0 Å². The average Bonchev–Trinajstić information content (AvgIpc) is 2.28. The summed E-state index contributed by atoms with van der Waals surface area (Å²) in [5.41, 5.74) is 12.0. The average molecular weight is 216 g/mol. The molecule has 0 fully saturated rings. The SMILES string of the molecule is CN(c1ccccc1)c1nc(N)nc(N)n1. The van der Waals surface area contributed by atoms with E-state index in [4.69, 9.17) is 11.5 Å². The zero-order valence-corrected chi connectivity index (χ0v) is 8.83. The third-order valence-corrected chi connectivity index (χ3v) is 2.10. The summed E-state index contributed by atoms with van der Waals surface area (Å²) in [7, 11) is 1.84. The molecule has 82 valence electrons. The lowest BCUT2D eigenvalue weighted by Gasteiger charge is -2.16. The van der Waals surface area contributed by atoms with Crippen LogP contribution in [-0.2, 0) is 0 Å². The Hall–Kier alpha value is -2.37. The number of hydrogen-bond donors (Lipinski definition) is 2. The Labute approximate surface area is 93.0 Å². The topological polar surface area (TPSA) is 94.0 Å². The van der Waals surface area contributed by atoms with Gasteiger partial charge in [-0.15, -0.1) is 0 Å². The van der Waals surface area contributed by atoms with E-state index in [1.165, 1.54) is 0 Å². The molecule has 1 aromatic carbocycles. The number of nitrogens with two attached hydrogens (primary N) is 2. The number of aromatic nitrogens is 3. The third-order valence-electron chi connectivity index (χ3n) is 2.10. The molecule has 2 rings (SSSR count). The number of anilines is 4. The number of hydrogen-bond acceptors (Lipinski definition) is 6. The first-order chi connectivity index (χ1) is 7.66. The molecule has 6 heteroatoms. The molecule has 0 radical (unpaired) electrons. The van der Waals surface area contributed by atoms with Crippen molar-refractivity contribution in [1.82, 2.24) is 15.0 Å². The van der Waals surface area contributed by atoms with Gasteiger partial charge in [0.1, 0.15) is 0 Å². The molecule has 0 atom stereocenters. The predicted molar refractivity (Wildman–Crippen MR) is 63.2 cm³/mol. The van der Waals surface area contributed by atoms with Gasteiger partial charge in [0.2, 0.25) is 17.8 Å². The van der Waals surface area contributed by atoms with E-state index < -0.39 is 0 Å². The van der Waals surface area contributed by atoms with Crippen LogP contribution in [0, 0.1) is 0 Å². The fraction of sp³-hybridized carbons (Fsp3) is 0.100. The van der Waals surface area contributed by atoms with Gasteiger partial charge in [-0.05, 0) is 12.1 Å². The van der Waals surface area contributed by atoms with E-state index in [-0.39, 0.29) is 11.9 Å². The van der Waals surface area contributed by atoms with E-state index in [2.05, 4.69) is 15.0 Å². The van der Waals surface area contributed by atoms with Crippen LogP contribution in [0.3, 0.4) is 0 Å². The van der Waals surface area contributed by atoms with Crippen LogP contribution in [-0.4, -0.2) is 22.0 Å². The van der Waals surface area contributed by atoms with Crippen molar-refractivity contribution in [3.05, 3.63) is 30.3 Å². The second-order valence-corrected chi connectivity index (χ2v) is 3.25. The zero-order valence-electron chi connectivity index (χ0n) is 8.83. The monoisotopic (exact) mass is 216 g/mol. The molecule has 0 aliphatic heterocycles. The molecule has 0 aliphatic carbocycles. The molecule has 6 nitrogen and oxygen atoms in total. The van der Waals surface area contributed by atoms with Gasteiger partial charge in [-0.3, -0.25) is 0 Å². The first kappa shape index (κ1) is 10.2. The van der Waals surface area contributed by atoms with Crippen LogP contribution in [0.1, 0.15) is 0 Å². The quantitative estimate of drug-likeness (QED) is 0.771. The highest BCUT2D eigenvalue weighted by Crippen LogP contribution is 2.19. The Kier molecular flexibility index (Phi) is 2.55. The largest absolute Gasteiger partial charge is 0.368 e. The van der Waals surface area contributed by atoms with Gasteiger partial charge in [0, 0.05) is 12.7 Å². The second kappa shape index (κ2) is 4.01. The van der Waals surface area contributed by atoms with Crippen molar-refractivity contribution in [1.29, 1.82) is 0 Å². The van der Waals surface area contributed by atoms with E-state index in [1.807, 2.05) is 37.4 Å². The normalized spacial score (nSPS) is 10.1. The summed E-state index contributed by atoms with van der Waals surface area (Å²) in [5, 5.41) is 0. The Balaban J connectivity index is 2.37. The summed E-state index contributed by atoms with van der Waals surface area (Å²) in [6.45, 7) is 0. The first-order valence-electron chi connectivity index (χ1n) is 4.72. The minimum atomic E-state index is 0.116. The minimum Gasteiger partial charge on any atom is -0.368 e. The highest BCUT2D eigenvalue weighted by molar-refractivity contribution is 5.57. The third kappa shape index (κ3) is 2.00. The Bertz CT molecular complexity index is 464. The van der Waals surface area contributed by atoms with Gasteiger partial charge in [0.05, 0.1) is 0 Å². The maximum atomic E-state index is 5.51. The van der Waals surface area contributed by atoms with E-state index >= 15 is 0 Å². The highest BCUT2D eigenvalue weighted by Gasteiger charge is 2.08. The second-order valence-electron chi connectivity index (χ2n) is 3.25. The fourth-order valence-electron chi connectivity index (χ4n) is 1.31. The van der Waals surface area contributed by atoms with Crippen molar-refractivity contribution in [2.24, 2.45) is 0 Å². The lowest BCUT2D eigenvalue weighted by Crippen LogP contribution is -2.15. The lowest BCUT2D eigenvalue weighted by molar-refractivity contribution is 1.01. The summed E-state index contributed by atoms with van der Waals surface area (Å²) < 4.78 is 0. The van der Waals surface area contributed by atoms with E-state index in [9.17, 15) is 0 Å². The number of para-hydroxylation sites is 1. The van der Waals surface area contributed by atoms with E-state index in [0.717, 1.165) is 5.69 Å². The number of nitrogen functional groups attached to an aromatic ring is 2. The molecule has 0 aliphatic rings. The molecule has 0 saturated heterocycles. The van der Waals surface area contributed by atoms with Crippen LogP contribution in [0.4, 0.5) is 23.5 Å². The van der Waals surface area contributed by atoms with Crippen molar-refractivity contribution in [3.63, 3.8) is 0 Å². The van der Waals surface area contributed by atoms with Gasteiger partial charge in [-0.1, -0.05) is 18.2 Å². The molecule has 0 bridgehead atoms. The maximum absolute atomic E-state index is 5.51. The van der Waals surface area contributed by atoms with Crippen LogP contribution < -0.4 is 16.4 Å². The molecular formula is C10H12N6. The lowest BCUT2D eigenvalue weighted by atomic mass is 10.3. The summed E-state index contributed by atoms with van der Waals surface area (Å²) in [4.78, 5) is 13.5. The molecule has 0 spiro atoms. The van der Waals surface area contributed by atoms with Crippen LogP contribution in [0.15, 0.2) is 30.3 Å². The Morgan fingerprint density at radius 1 is 0.938 bits per heavy atom. The molecule has 0 unspecified atom stereocenters. The molecule has 0 amide bonds. The van der Waals surface area contributed by atoms with Crippen LogP contribution in [0.25, 0.3) is 0 Å². The molecule has 4 N–H and O–H groups in total. The predicted octanol–water partition coefficient (Wildman–Crippen LogP) is 0.804. The minimum absolute atomic E-state index is 0.116. The summed E-state index contributed by atoms with van der Waals surface area (Å²) in [6, 6.07) is 9.68. The van der Waals surface area contributed by atoms with Gasteiger partial charge in [-0.25, -0.2) is 0 Å². The van der Waals surface area contributed by atoms with Crippen molar-refractivity contribution < 1.29 is 0 Å². The Morgan fingerprint density at radius 3 is 2.06 bits per heavy atom. The van der Waals surface area contributed by atoms with E-state index in [0.29, 0.717) is 5.95 Å².